The van der Waals surface area contributed by atoms with Gasteiger partial charge in [-0.2, -0.15) is 0 Å². The van der Waals surface area contributed by atoms with E-state index in [1.807, 2.05) is 18.0 Å². The molecule has 21 heavy (non-hydrogen) atoms. The topological polar surface area (TPSA) is 37.8 Å². The number of aromatic nitrogens is 2. The molecule has 3 rings (SSSR count). The highest BCUT2D eigenvalue weighted by Gasteiger charge is 2.28. The zero-order valence-corrected chi connectivity index (χ0v) is 13.1. The van der Waals surface area contributed by atoms with Crippen molar-refractivity contribution >= 4 is 11.8 Å². The highest BCUT2D eigenvalue weighted by molar-refractivity contribution is 7.99. The Bertz CT molecular complexity index is 573. The average Bonchev–Trinajstić information content (AvgIpc) is 2.69. The largest absolute Gasteiger partial charge is 0.309 e. The third-order valence-corrected chi connectivity index (χ3v) is 5.20. The normalized spacial score (nSPS) is 21.6. The van der Waals surface area contributed by atoms with Crippen LogP contribution >= 0.6 is 11.8 Å². The Morgan fingerprint density at radius 2 is 2.19 bits per heavy atom. The minimum atomic E-state index is 0.390. The lowest BCUT2D eigenvalue weighted by Crippen LogP contribution is -2.30. The molecule has 0 amide bonds. The van der Waals surface area contributed by atoms with Gasteiger partial charge in [0.25, 0.3) is 0 Å². The zero-order valence-electron chi connectivity index (χ0n) is 12.3. The summed E-state index contributed by atoms with van der Waals surface area (Å²) in [6, 6.07) is 9.24. The summed E-state index contributed by atoms with van der Waals surface area (Å²) in [5, 5.41) is 5.21. The van der Waals surface area contributed by atoms with Gasteiger partial charge in [0.2, 0.25) is 0 Å². The van der Waals surface area contributed by atoms with Crippen molar-refractivity contribution in [2.45, 2.75) is 42.5 Å². The molecule has 1 aliphatic rings. The Morgan fingerprint density at radius 1 is 1.29 bits per heavy atom. The summed E-state index contributed by atoms with van der Waals surface area (Å²) in [6.45, 7) is 3.16. The van der Waals surface area contributed by atoms with Gasteiger partial charge < -0.3 is 5.32 Å². The first-order valence-electron chi connectivity index (χ1n) is 7.62. The predicted molar refractivity (Wildman–Crippen MR) is 87.5 cm³/mol. The van der Waals surface area contributed by atoms with Crippen LogP contribution in [0, 0.1) is 0 Å². The monoisotopic (exact) mass is 299 g/mol. The Hall–Kier alpha value is -1.39. The summed E-state index contributed by atoms with van der Waals surface area (Å²) in [4.78, 5) is 8.61. The van der Waals surface area contributed by atoms with Crippen molar-refractivity contribution in [3.8, 4) is 0 Å². The van der Waals surface area contributed by atoms with Crippen molar-refractivity contribution in [3.05, 3.63) is 54.0 Å². The quantitative estimate of drug-likeness (QED) is 0.875. The van der Waals surface area contributed by atoms with Gasteiger partial charge in [0.05, 0.1) is 6.20 Å². The Kier molecular flexibility index (Phi) is 4.88. The molecule has 1 aromatic heterocycles. The molecule has 4 heteroatoms. The number of hydrogen-bond donors (Lipinski definition) is 1. The molecule has 0 saturated carbocycles. The Morgan fingerprint density at radius 3 is 3.00 bits per heavy atom. The van der Waals surface area contributed by atoms with Gasteiger partial charge in [-0.3, -0.25) is 4.98 Å². The third-order valence-electron chi connectivity index (χ3n) is 3.93. The Labute approximate surface area is 130 Å². The summed E-state index contributed by atoms with van der Waals surface area (Å²) in [7, 11) is 0. The van der Waals surface area contributed by atoms with Crippen LogP contribution in [-0.2, 0) is 6.42 Å². The average molecular weight is 299 g/mol. The molecule has 1 aromatic carbocycles. The van der Waals surface area contributed by atoms with Gasteiger partial charge in [-0.05, 0) is 36.9 Å². The standard InChI is InChI=1S/C17H21N3S/c1-2-19-17-14-8-4-3-6-13(14)7-5-9-15(17)21-16-12-18-10-11-20-16/h3-4,6,8,10-12,15,17,19H,2,5,7,9H2,1H3. The molecular formula is C17H21N3S. The fourth-order valence-electron chi connectivity index (χ4n) is 3.02. The van der Waals surface area contributed by atoms with E-state index in [1.165, 1.54) is 30.4 Å². The van der Waals surface area contributed by atoms with Gasteiger partial charge in [-0.25, -0.2) is 4.98 Å². The molecule has 110 valence electrons. The first-order valence-corrected chi connectivity index (χ1v) is 8.50. The molecule has 3 nitrogen and oxygen atoms in total. The van der Waals surface area contributed by atoms with Crippen molar-refractivity contribution in [1.82, 2.24) is 15.3 Å². The van der Waals surface area contributed by atoms with Crippen molar-refractivity contribution in [2.24, 2.45) is 0 Å². The van der Waals surface area contributed by atoms with Crippen LogP contribution < -0.4 is 5.32 Å². The van der Waals surface area contributed by atoms with Crippen molar-refractivity contribution in [3.63, 3.8) is 0 Å². The molecule has 2 unspecified atom stereocenters. The number of fused-ring (bicyclic) bond motifs is 1. The van der Waals surface area contributed by atoms with E-state index in [0.717, 1.165) is 11.6 Å². The molecule has 1 heterocycles. The lowest BCUT2D eigenvalue weighted by Gasteiger charge is -2.26. The molecule has 0 radical (unpaired) electrons. The highest BCUT2D eigenvalue weighted by Crippen LogP contribution is 2.38. The van der Waals surface area contributed by atoms with Gasteiger partial charge in [0, 0.05) is 23.7 Å². The van der Waals surface area contributed by atoms with Crippen LogP contribution in [0.5, 0.6) is 0 Å². The van der Waals surface area contributed by atoms with Gasteiger partial charge in [-0.1, -0.05) is 43.0 Å². The number of nitrogens with one attached hydrogen (secondary N) is 1. The second-order valence-electron chi connectivity index (χ2n) is 5.33. The minimum Gasteiger partial charge on any atom is -0.309 e. The molecule has 0 spiro atoms. The van der Waals surface area contributed by atoms with E-state index in [1.54, 1.807) is 12.4 Å². The minimum absolute atomic E-state index is 0.390. The number of nitrogens with zero attached hydrogens (tertiary/aromatic N) is 2. The predicted octanol–water partition coefficient (Wildman–Crippen LogP) is 3.62. The fraction of sp³-hybridized carbons (Fsp3) is 0.412. The van der Waals surface area contributed by atoms with E-state index in [-0.39, 0.29) is 0 Å². The molecule has 1 aliphatic carbocycles. The molecule has 0 fully saturated rings. The first-order chi connectivity index (χ1) is 10.4. The summed E-state index contributed by atoms with van der Waals surface area (Å²) < 4.78 is 0. The van der Waals surface area contributed by atoms with Crippen LogP contribution in [-0.4, -0.2) is 21.8 Å². The fourth-order valence-corrected chi connectivity index (χ4v) is 4.23. The van der Waals surface area contributed by atoms with Crippen LogP contribution in [0.3, 0.4) is 0 Å². The van der Waals surface area contributed by atoms with Gasteiger partial charge >= 0.3 is 0 Å². The van der Waals surface area contributed by atoms with Gasteiger partial charge in [0.1, 0.15) is 5.03 Å². The van der Waals surface area contributed by atoms with Crippen molar-refractivity contribution in [2.75, 3.05) is 6.54 Å². The third kappa shape index (κ3) is 3.44. The van der Waals surface area contributed by atoms with E-state index in [4.69, 9.17) is 0 Å². The summed E-state index contributed by atoms with van der Waals surface area (Å²) in [5.74, 6) is 0. The number of benzene rings is 1. The maximum Gasteiger partial charge on any atom is 0.115 e. The van der Waals surface area contributed by atoms with E-state index >= 15 is 0 Å². The van der Waals surface area contributed by atoms with Crippen LogP contribution in [0.1, 0.15) is 36.9 Å². The van der Waals surface area contributed by atoms with E-state index in [9.17, 15) is 0 Å². The summed E-state index contributed by atoms with van der Waals surface area (Å²) in [6.07, 6.45) is 8.98. The Balaban J connectivity index is 1.88. The second-order valence-corrected chi connectivity index (χ2v) is 6.59. The van der Waals surface area contributed by atoms with E-state index < -0.39 is 0 Å². The highest BCUT2D eigenvalue weighted by atomic mass is 32.2. The first kappa shape index (κ1) is 14.5. The smallest absolute Gasteiger partial charge is 0.115 e. The van der Waals surface area contributed by atoms with Crippen molar-refractivity contribution in [1.29, 1.82) is 0 Å². The maximum absolute atomic E-state index is 4.43. The molecule has 2 aromatic rings. The van der Waals surface area contributed by atoms with E-state index in [0.29, 0.717) is 11.3 Å². The van der Waals surface area contributed by atoms with Crippen LogP contribution in [0.25, 0.3) is 0 Å². The van der Waals surface area contributed by atoms with Crippen LogP contribution in [0.2, 0.25) is 0 Å². The van der Waals surface area contributed by atoms with Crippen molar-refractivity contribution < 1.29 is 0 Å². The van der Waals surface area contributed by atoms with Crippen LogP contribution in [0.4, 0.5) is 0 Å². The zero-order chi connectivity index (χ0) is 14.5. The van der Waals surface area contributed by atoms with Gasteiger partial charge in [-0.15, -0.1) is 0 Å². The second kappa shape index (κ2) is 7.05. The molecule has 0 bridgehead atoms. The summed E-state index contributed by atoms with van der Waals surface area (Å²) in [5.41, 5.74) is 2.95. The number of aryl methyl sites for hydroxylation is 1. The molecule has 2 atom stereocenters. The van der Waals surface area contributed by atoms with Gasteiger partial charge in [0.15, 0.2) is 0 Å². The maximum atomic E-state index is 4.43. The SMILES string of the molecule is CCNC1c2ccccc2CCCC1Sc1cnccn1. The number of thioether (sulfide) groups is 1. The van der Waals surface area contributed by atoms with Crippen LogP contribution in [0.15, 0.2) is 47.9 Å². The lowest BCUT2D eigenvalue weighted by molar-refractivity contribution is 0.516. The lowest BCUT2D eigenvalue weighted by atomic mass is 9.99. The molecule has 1 N–H and O–H groups in total. The summed E-state index contributed by atoms with van der Waals surface area (Å²) >= 11 is 1.85. The number of hydrogen-bond acceptors (Lipinski definition) is 4. The molecule has 0 aliphatic heterocycles. The molecular weight excluding hydrogens is 278 g/mol. The molecule has 0 saturated heterocycles. The van der Waals surface area contributed by atoms with E-state index in [2.05, 4.69) is 46.5 Å². The number of rotatable bonds is 4.